The summed E-state index contributed by atoms with van der Waals surface area (Å²) in [6.07, 6.45) is 0. The minimum absolute atomic E-state index is 0.0388. The maximum atomic E-state index is 12.4. The molecule has 0 heterocycles. The Kier molecular flexibility index (Phi) is 4.27. The summed E-state index contributed by atoms with van der Waals surface area (Å²) in [6, 6.07) is 10.5. The molecular weight excluding hydrogens is 328 g/mol. The third-order valence-electron chi connectivity index (χ3n) is 2.83. The summed E-state index contributed by atoms with van der Waals surface area (Å²) in [5.74, 6) is 0.659. The molecule has 19 heavy (non-hydrogen) atoms. The van der Waals surface area contributed by atoms with Crippen molar-refractivity contribution in [3.8, 4) is 5.75 Å². The van der Waals surface area contributed by atoms with Crippen molar-refractivity contribution < 1.29 is 9.53 Å². The molecule has 0 aromatic heterocycles. The molecule has 0 unspecified atom stereocenters. The lowest BCUT2D eigenvalue weighted by Gasteiger charge is -2.07. The summed E-state index contributed by atoms with van der Waals surface area (Å²) in [4.78, 5) is 12.4. The normalized spacial score (nSPS) is 10.3. The van der Waals surface area contributed by atoms with Gasteiger partial charge in [0.1, 0.15) is 5.75 Å². The van der Waals surface area contributed by atoms with E-state index in [1.54, 1.807) is 43.5 Å². The quantitative estimate of drug-likeness (QED) is 0.761. The Labute approximate surface area is 125 Å². The van der Waals surface area contributed by atoms with Crippen molar-refractivity contribution in [2.75, 3.05) is 7.11 Å². The highest BCUT2D eigenvalue weighted by Crippen LogP contribution is 2.27. The minimum Gasteiger partial charge on any atom is -0.496 e. The van der Waals surface area contributed by atoms with Crippen molar-refractivity contribution in [1.82, 2.24) is 0 Å². The van der Waals surface area contributed by atoms with Crippen LogP contribution in [0.4, 0.5) is 0 Å². The van der Waals surface area contributed by atoms with Crippen molar-refractivity contribution in [2.24, 2.45) is 0 Å². The van der Waals surface area contributed by atoms with Crippen LogP contribution in [-0.4, -0.2) is 12.9 Å². The van der Waals surface area contributed by atoms with Gasteiger partial charge in [-0.25, -0.2) is 0 Å². The first-order chi connectivity index (χ1) is 9.02. The van der Waals surface area contributed by atoms with Gasteiger partial charge in [0.2, 0.25) is 0 Å². The maximum absolute atomic E-state index is 12.4. The lowest BCUT2D eigenvalue weighted by molar-refractivity contribution is 0.103. The summed E-state index contributed by atoms with van der Waals surface area (Å²) in [6.45, 7) is 1.88. The van der Waals surface area contributed by atoms with Gasteiger partial charge in [0.25, 0.3) is 0 Å². The van der Waals surface area contributed by atoms with Gasteiger partial charge >= 0.3 is 0 Å². The van der Waals surface area contributed by atoms with Crippen molar-refractivity contribution >= 4 is 33.3 Å². The molecule has 0 aliphatic rings. The van der Waals surface area contributed by atoms with E-state index in [0.29, 0.717) is 21.9 Å². The summed E-state index contributed by atoms with van der Waals surface area (Å²) in [5, 5.41) is 0.660. The summed E-state index contributed by atoms with van der Waals surface area (Å²) in [7, 11) is 1.59. The molecular formula is C15H12BrClO2. The smallest absolute Gasteiger partial charge is 0.193 e. The number of aryl methyl sites for hydroxylation is 1. The van der Waals surface area contributed by atoms with Gasteiger partial charge in [0.05, 0.1) is 11.6 Å². The highest BCUT2D eigenvalue weighted by Gasteiger charge is 2.12. The van der Waals surface area contributed by atoms with Crippen LogP contribution < -0.4 is 4.74 Å². The molecule has 2 aromatic rings. The fourth-order valence-corrected chi connectivity index (χ4v) is 2.42. The molecule has 2 aromatic carbocycles. The number of benzene rings is 2. The van der Waals surface area contributed by atoms with E-state index in [9.17, 15) is 4.79 Å². The predicted molar refractivity (Wildman–Crippen MR) is 80.3 cm³/mol. The van der Waals surface area contributed by atoms with Gasteiger partial charge < -0.3 is 4.74 Å². The molecule has 0 N–H and O–H groups in total. The largest absolute Gasteiger partial charge is 0.496 e. The number of carbonyl (C=O) groups excluding carboxylic acids is 1. The monoisotopic (exact) mass is 338 g/mol. The maximum Gasteiger partial charge on any atom is 0.193 e. The first kappa shape index (κ1) is 14.1. The zero-order valence-corrected chi connectivity index (χ0v) is 12.9. The number of ether oxygens (including phenoxy) is 1. The molecule has 0 aliphatic carbocycles. The van der Waals surface area contributed by atoms with E-state index in [2.05, 4.69) is 15.9 Å². The van der Waals surface area contributed by atoms with Gasteiger partial charge in [-0.1, -0.05) is 11.6 Å². The van der Waals surface area contributed by atoms with Gasteiger partial charge in [0.15, 0.2) is 5.78 Å². The molecule has 0 aliphatic heterocycles. The number of halogens is 2. The van der Waals surface area contributed by atoms with E-state index >= 15 is 0 Å². The second-order valence-corrected chi connectivity index (χ2v) is 5.40. The Hall–Kier alpha value is -1.32. The van der Waals surface area contributed by atoms with Gasteiger partial charge in [-0.15, -0.1) is 0 Å². The van der Waals surface area contributed by atoms with Crippen LogP contribution in [0.1, 0.15) is 21.5 Å². The Balaban J connectivity index is 2.38. The van der Waals surface area contributed by atoms with Crippen LogP contribution in [0.15, 0.2) is 40.9 Å². The van der Waals surface area contributed by atoms with E-state index in [0.717, 1.165) is 10.0 Å². The summed E-state index contributed by atoms with van der Waals surface area (Å²) < 4.78 is 5.90. The van der Waals surface area contributed by atoms with Crippen LogP contribution in [0, 0.1) is 6.92 Å². The van der Waals surface area contributed by atoms with Crippen molar-refractivity contribution in [1.29, 1.82) is 0 Å². The van der Waals surface area contributed by atoms with E-state index in [1.807, 2.05) is 6.92 Å². The third-order valence-corrected chi connectivity index (χ3v) is 3.88. The second-order valence-electron chi connectivity index (χ2n) is 4.14. The second kappa shape index (κ2) is 5.76. The standard InChI is InChI=1S/C15H12BrClO2/c1-9-7-10(3-5-13(9)17)15(18)11-4-6-14(19-2)12(16)8-11/h3-8H,1-2H3. The summed E-state index contributed by atoms with van der Waals surface area (Å²) in [5.41, 5.74) is 2.12. The lowest BCUT2D eigenvalue weighted by Crippen LogP contribution is -2.02. The highest BCUT2D eigenvalue weighted by atomic mass is 79.9. The topological polar surface area (TPSA) is 26.3 Å². The Morgan fingerprint density at radius 1 is 1.16 bits per heavy atom. The fraction of sp³-hybridized carbons (Fsp3) is 0.133. The molecule has 98 valence electrons. The van der Waals surface area contributed by atoms with E-state index in [-0.39, 0.29) is 5.78 Å². The number of ketones is 1. The molecule has 0 saturated heterocycles. The Morgan fingerprint density at radius 2 is 1.79 bits per heavy atom. The van der Waals surface area contributed by atoms with Gasteiger partial charge in [0, 0.05) is 16.1 Å². The predicted octanol–water partition coefficient (Wildman–Crippen LogP) is 4.65. The van der Waals surface area contributed by atoms with Crippen LogP contribution in [0.25, 0.3) is 0 Å². The first-order valence-corrected chi connectivity index (χ1v) is 6.84. The number of methoxy groups -OCH3 is 1. The van der Waals surface area contributed by atoms with Gasteiger partial charge in [-0.05, 0) is 64.8 Å². The highest BCUT2D eigenvalue weighted by molar-refractivity contribution is 9.10. The first-order valence-electron chi connectivity index (χ1n) is 5.67. The van der Waals surface area contributed by atoms with Gasteiger partial charge in [-0.2, -0.15) is 0 Å². The fourth-order valence-electron chi connectivity index (χ4n) is 1.76. The van der Waals surface area contributed by atoms with Crippen LogP contribution in [-0.2, 0) is 0 Å². The molecule has 0 fully saturated rings. The third kappa shape index (κ3) is 2.99. The number of hydrogen-bond donors (Lipinski definition) is 0. The summed E-state index contributed by atoms with van der Waals surface area (Å²) >= 11 is 9.34. The van der Waals surface area contributed by atoms with Crippen molar-refractivity contribution in [3.63, 3.8) is 0 Å². The number of rotatable bonds is 3. The van der Waals surface area contributed by atoms with Crippen LogP contribution in [0.2, 0.25) is 5.02 Å². The van der Waals surface area contributed by atoms with Crippen molar-refractivity contribution in [2.45, 2.75) is 6.92 Å². The van der Waals surface area contributed by atoms with E-state index in [4.69, 9.17) is 16.3 Å². The molecule has 2 nitrogen and oxygen atoms in total. The molecule has 0 atom stereocenters. The van der Waals surface area contributed by atoms with Crippen LogP contribution >= 0.6 is 27.5 Å². The number of carbonyl (C=O) groups is 1. The molecule has 0 bridgehead atoms. The van der Waals surface area contributed by atoms with Crippen molar-refractivity contribution in [3.05, 3.63) is 62.6 Å². The number of hydrogen-bond acceptors (Lipinski definition) is 2. The molecule has 0 saturated carbocycles. The van der Waals surface area contributed by atoms with E-state index < -0.39 is 0 Å². The Bertz CT molecular complexity index is 638. The molecule has 2 rings (SSSR count). The van der Waals surface area contributed by atoms with Gasteiger partial charge in [-0.3, -0.25) is 4.79 Å². The lowest BCUT2D eigenvalue weighted by atomic mass is 10.0. The Morgan fingerprint density at radius 3 is 2.37 bits per heavy atom. The molecule has 0 amide bonds. The molecule has 0 spiro atoms. The SMILES string of the molecule is COc1ccc(C(=O)c2ccc(Cl)c(C)c2)cc1Br. The zero-order chi connectivity index (χ0) is 14.0. The average molecular weight is 340 g/mol. The molecule has 0 radical (unpaired) electrons. The minimum atomic E-state index is -0.0388. The van der Waals surface area contributed by atoms with Crippen LogP contribution in [0.5, 0.6) is 5.75 Å². The van der Waals surface area contributed by atoms with E-state index in [1.165, 1.54) is 0 Å². The van der Waals surface area contributed by atoms with Crippen LogP contribution in [0.3, 0.4) is 0 Å². The average Bonchev–Trinajstić information content (AvgIpc) is 2.41. The molecule has 4 heteroatoms. The zero-order valence-electron chi connectivity index (χ0n) is 10.5.